The van der Waals surface area contributed by atoms with Crippen LogP contribution in [0.3, 0.4) is 0 Å². The zero-order chi connectivity index (χ0) is 10.5. The summed E-state index contributed by atoms with van der Waals surface area (Å²) in [5, 5.41) is 0. The van der Waals surface area contributed by atoms with Crippen molar-refractivity contribution in [2.75, 3.05) is 0 Å². The standard InChI is InChI=1S/C14H16O/c1-2-7-13-10-6-11-14(15-13)12-8-4-3-5-9-12/h2-6,8-9,11,13-14H,1,7,10H2/t13-,14-/m1/s1. The molecule has 0 saturated heterocycles. The highest BCUT2D eigenvalue weighted by Crippen LogP contribution is 2.27. The van der Waals surface area contributed by atoms with Crippen LogP contribution in [0.5, 0.6) is 0 Å². The summed E-state index contributed by atoms with van der Waals surface area (Å²) < 4.78 is 5.95. The Morgan fingerprint density at radius 3 is 2.87 bits per heavy atom. The third-order valence-corrected chi connectivity index (χ3v) is 2.61. The van der Waals surface area contributed by atoms with Crippen LogP contribution in [0, 0.1) is 0 Å². The van der Waals surface area contributed by atoms with Crippen LogP contribution in [-0.4, -0.2) is 6.10 Å². The number of ether oxygens (including phenoxy) is 1. The zero-order valence-corrected chi connectivity index (χ0v) is 8.80. The minimum Gasteiger partial charge on any atom is -0.366 e. The Bertz CT molecular complexity index is 340. The molecule has 0 bridgehead atoms. The Balaban J connectivity index is 2.08. The fourth-order valence-electron chi connectivity index (χ4n) is 1.83. The first-order valence-corrected chi connectivity index (χ1v) is 5.38. The van der Waals surface area contributed by atoms with Crippen LogP contribution in [0.15, 0.2) is 55.1 Å². The highest BCUT2D eigenvalue weighted by atomic mass is 16.5. The van der Waals surface area contributed by atoms with Gasteiger partial charge in [-0.25, -0.2) is 0 Å². The summed E-state index contributed by atoms with van der Waals surface area (Å²) in [5.74, 6) is 0. The minimum atomic E-state index is 0.116. The van der Waals surface area contributed by atoms with Crippen molar-refractivity contribution in [3.05, 3.63) is 60.7 Å². The Morgan fingerprint density at radius 2 is 2.13 bits per heavy atom. The van der Waals surface area contributed by atoms with Crippen LogP contribution in [0.4, 0.5) is 0 Å². The molecule has 15 heavy (non-hydrogen) atoms. The van der Waals surface area contributed by atoms with Crippen molar-refractivity contribution in [2.45, 2.75) is 25.0 Å². The SMILES string of the molecule is C=CC[C@@H]1CC=C[C@H](c2ccccc2)O1. The first-order valence-electron chi connectivity index (χ1n) is 5.38. The molecular weight excluding hydrogens is 184 g/mol. The molecule has 1 aliphatic rings. The predicted molar refractivity (Wildman–Crippen MR) is 62.6 cm³/mol. The van der Waals surface area contributed by atoms with Gasteiger partial charge in [0.25, 0.3) is 0 Å². The van der Waals surface area contributed by atoms with Crippen LogP contribution >= 0.6 is 0 Å². The normalized spacial score (nSPS) is 25.1. The average Bonchev–Trinajstić information content (AvgIpc) is 2.31. The Kier molecular flexibility index (Phi) is 3.36. The fourth-order valence-corrected chi connectivity index (χ4v) is 1.83. The third-order valence-electron chi connectivity index (χ3n) is 2.61. The van der Waals surface area contributed by atoms with Crippen molar-refractivity contribution in [1.29, 1.82) is 0 Å². The van der Waals surface area contributed by atoms with Gasteiger partial charge in [0.2, 0.25) is 0 Å². The second-order valence-electron chi connectivity index (χ2n) is 3.78. The van der Waals surface area contributed by atoms with Gasteiger partial charge in [0.05, 0.1) is 6.10 Å². The van der Waals surface area contributed by atoms with Crippen molar-refractivity contribution in [1.82, 2.24) is 0 Å². The molecule has 0 aliphatic carbocycles. The average molecular weight is 200 g/mol. The molecule has 0 unspecified atom stereocenters. The summed E-state index contributed by atoms with van der Waals surface area (Å²) in [5.41, 5.74) is 1.22. The van der Waals surface area contributed by atoms with Gasteiger partial charge in [-0.3, -0.25) is 0 Å². The smallest absolute Gasteiger partial charge is 0.101 e. The molecule has 1 aromatic carbocycles. The topological polar surface area (TPSA) is 9.23 Å². The van der Waals surface area contributed by atoms with Crippen molar-refractivity contribution >= 4 is 0 Å². The number of hydrogen-bond donors (Lipinski definition) is 0. The summed E-state index contributed by atoms with van der Waals surface area (Å²) in [7, 11) is 0. The van der Waals surface area contributed by atoms with Gasteiger partial charge in [-0.05, 0) is 18.4 Å². The van der Waals surface area contributed by atoms with Crippen molar-refractivity contribution in [3.63, 3.8) is 0 Å². The van der Waals surface area contributed by atoms with Crippen LogP contribution in [0.2, 0.25) is 0 Å². The van der Waals surface area contributed by atoms with E-state index in [0.717, 1.165) is 12.8 Å². The van der Waals surface area contributed by atoms with Crippen molar-refractivity contribution in [2.24, 2.45) is 0 Å². The molecular formula is C14H16O. The van der Waals surface area contributed by atoms with Gasteiger partial charge < -0.3 is 4.74 Å². The lowest BCUT2D eigenvalue weighted by Crippen LogP contribution is -2.18. The van der Waals surface area contributed by atoms with E-state index < -0.39 is 0 Å². The van der Waals surface area contributed by atoms with E-state index in [9.17, 15) is 0 Å². The van der Waals surface area contributed by atoms with Gasteiger partial charge in [-0.15, -0.1) is 6.58 Å². The molecule has 1 aliphatic heterocycles. The third kappa shape index (κ3) is 2.57. The van der Waals surface area contributed by atoms with Crippen molar-refractivity contribution < 1.29 is 4.74 Å². The monoisotopic (exact) mass is 200 g/mol. The number of hydrogen-bond acceptors (Lipinski definition) is 1. The summed E-state index contributed by atoms with van der Waals surface area (Å²) >= 11 is 0. The number of rotatable bonds is 3. The Hall–Kier alpha value is -1.34. The van der Waals surface area contributed by atoms with Gasteiger partial charge in [0.1, 0.15) is 6.10 Å². The van der Waals surface area contributed by atoms with Crippen LogP contribution in [0.25, 0.3) is 0 Å². The molecule has 0 radical (unpaired) electrons. The summed E-state index contributed by atoms with van der Waals surface area (Å²) in [6.07, 6.45) is 8.58. The lowest BCUT2D eigenvalue weighted by Gasteiger charge is -2.25. The predicted octanol–water partition coefficient (Wildman–Crippen LogP) is 3.65. The molecule has 0 amide bonds. The highest BCUT2D eigenvalue weighted by molar-refractivity contribution is 5.22. The first-order chi connectivity index (χ1) is 7.40. The summed E-state index contributed by atoms with van der Waals surface area (Å²) in [6.45, 7) is 3.75. The van der Waals surface area contributed by atoms with Crippen LogP contribution in [0.1, 0.15) is 24.5 Å². The number of benzene rings is 1. The second kappa shape index (κ2) is 4.94. The van der Waals surface area contributed by atoms with Gasteiger partial charge in [0.15, 0.2) is 0 Å². The Labute approximate surface area is 91.1 Å². The molecule has 1 heterocycles. The highest BCUT2D eigenvalue weighted by Gasteiger charge is 2.17. The van der Waals surface area contributed by atoms with E-state index in [1.54, 1.807) is 0 Å². The molecule has 2 rings (SSSR count). The van der Waals surface area contributed by atoms with E-state index in [0.29, 0.717) is 0 Å². The maximum absolute atomic E-state index is 5.95. The molecule has 0 spiro atoms. The van der Waals surface area contributed by atoms with Crippen LogP contribution < -0.4 is 0 Å². The quantitative estimate of drug-likeness (QED) is 0.677. The summed E-state index contributed by atoms with van der Waals surface area (Å²) in [6, 6.07) is 10.3. The van der Waals surface area contributed by atoms with E-state index in [4.69, 9.17) is 4.74 Å². The molecule has 1 heteroatoms. The molecule has 0 N–H and O–H groups in total. The second-order valence-corrected chi connectivity index (χ2v) is 3.78. The van der Waals surface area contributed by atoms with E-state index in [1.165, 1.54) is 5.56 Å². The molecule has 0 saturated carbocycles. The van der Waals surface area contributed by atoms with Crippen LogP contribution in [-0.2, 0) is 4.74 Å². The van der Waals surface area contributed by atoms with Crippen molar-refractivity contribution in [3.8, 4) is 0 Å². The summed E-state index contributed by atoms with van der Waals surface area (Å²) in [4.78, 5) is 0. The molecule has 2 atom stereocenters. The maximum atomic E-state index is 5.95. The molecule has 1 aromatic rings. The minimum absolute atomic E-state index is 0.116. The Morgan fingerprint density at radius 1 is 1.33 bits per heavy atom. The zero-order valence-electron chi connectivity index (χ0n) is 8.80. The lowest BCUT2D eigenvalue weighted by molar-refractivity contribution is 0.00719. The van der Waals surface area contributed by atoms with Gasteiger partial charge >= 0.3 is 0 Å². The van der Waals surface area contributed by atoms with E-state index >= 15 is 0 Å². The fraction of sp³-hybridized carbons (Fsp3) is 0.286. The molecule has 78 valence electrons. The molecule has 0 fully saturated rings. The maximum Gasteiger partial charge on any atom is 0.101 e. The first kappa shape index (κ1) is 10.2. The largest absolute Gasteiger partial charge is 0.366 e. The molecule has 1 nitrogen and oxygen atoms in total. The lowest BCUT2D eigenvalue weighted by atomic mass is 10.0. The van der Waals surface area contributed by atoms with E-state index in [1.807, 2.05) is 24.3 Å². The van der Waals surface area contributed by atoms with Gasteiger partial charge in [-0.2, -0.15) is 0 Å². The van der Waals surface area contributed by atoms with Gasteiger partial charge in [-0.1, -0.05) is 48.6 Å². The van der Waals surface area contributed by atoms with E-state index in [-0.39, 0.29) is 12.2 Å². The van der Waals surface area contributed by atoms with E-state index in [2.05, 4.69) is 30.9 Å². The van der Waals surface area contributed by atoms with Gasteiger partial charge in [0, 0.05) is 0 Å². The molecule has 0 aromatic heterocycles.